The van der Waals surface area contributed by atoms with Gasteiger partial charge in [0.2, 0.25) is 0 Å². The quantitative estimate of drug-likeness (QED) is 0.531. The molecule has 0 atom stereocenters. The highest BCUT2D eigenvalue weighted by Crippen LogP contribution is 2.14. The number of amides is 2. The first-order valence-corrected chi connectivity index (χ1v) is 6.42. The molecule has 0 aliphatic heterocycles. The van der Waals surface area contributed by atoms with Gasteiger partial charge in [-0.05, 0) is 41.5 Å². The van der Waals surface area contributed by atoms with Crippen LogP contribution in [0.3, 0.4) is 0 Å². The lowest BCUT2D eigenvalue weighted by Crippen LogP contribution is -2.31. The van der Waals surface area contributed by atoms with Crippen LogP contribution in [-0.2, 0) is 0 Å². The minimum absolute atomic E-state index is 0.117. The fourth-order valence-corrected chi connectivity index (χ4v) is 1.83. The van der Waals surface area contributed by atoms with E-state index >= 15 is 0 Å². The van der Waals surface area contributed by atoms with Crippen molar-refractivity contribution >= 4 is 17.6 Å². The van der Waals surface area contributed by atoms with E-state index < -0.39 is 16.7 Å². The van der Waals surface area contributed by atoms with Gasteiger partial charge in [0.25, 0.3) is 11.8 Å². The predicted molar refractivity (Wildman–Crippen MR) is 78.6 cm³/mol. The smallest absolute Gasteiger partial charge is 0.358 e. The Labute approximate surface area is 126 Å². The van der Waals surface area contributed by atoms with Crippen LogP contribution >= 0.6 is 0 Å². The molecule has 0 saturated carbocycles. The molecule has 7 heteroatoms. The van der Waals surface area contributed by atoms with Crippen LogP contribution in [0.25, 0.3) is 0 Å². The van der Waals surface area contributed by atoms with Gasteiger partial charge in [-0.1, -0.05) is 17.7 Å². The van der Waals surface area contributed by atoms with Gasteiger partial charge in [0.05, 0.1) is 5.56 Å². The Balaban J connectivity index is 2.17. The summed E-state index contributed by atoms with van der Waals surface area (Å²) in [5.74, 6) is -1.54. The molecule has 0 radical (unpaired) electrons. The van der Waals surface area contributed by atoms with Crippen molar-refractivity contribution in [3.8, 4) is 0 Å². The van der Waals surface area contributed by atoms with E-state index in [1.165, 1.54) is 6.07 Å². The number of pyridine rings is 1. The van der Waals surface area contributed by atoms with Crippen molar-refractivity contribution in [2.75, 3.05) is 0 Å². The molecule has 1 aromatic heterocycles. The van der Waals surface area contributed by atoms with E-state index in [0.29, 0.717) is 11.1 Å². The summed E-state index contributed by atoms with van der Waals surface area (Å²) in [7, 11) is 0. The highest BCUT2D eigenvalue weighted by atomic mass is 16.6. The predicted octanol–water partition coefficient (Wildman–Crippen LogP) is 2.18. The van der Waals surface area contributed by atoms with Crippen molar-refractivity contribution in [3.05, 3.63) is 68.9 Å². The van der Waals surface area contributed by atoms with Gasteiger partial charge in [-0.25, -0.2) is 0 Å². The number of aromatic nitrogens is 1. The number of aryl methyl sites for hydroxylation is 2. The SMILES string of the molecule is Cc1ccc(C(=O)NC(=O)c2cnc([N+](=O)[O-])cc2C)cc1. The monoisotopic (exact) mass is 299 g/mol. The zero-order valence-corrected chi connectivity index (χ0v) is 12.0. The number of carbonyl (C=O) groups is 2. The van der Waals surface area contributed by atoms with E-state index in [-0.39, 0.29) is 11.4 Å². The molecule has 0 aliphatic carbocycles. The molecular weight excluding hydrogens is 286 g/mol. The largest absolute Gasteiger partial charge is 0.363 e. The molecule has 0 spiro atoms. The maximum atomic E-state index is 12.1. The van der Waals surface area contributed by atoms with Crippen molar-refractivity contribution in [3.63, 3.8) is 0 Å². The number of benzene rings is 1. The van der Waals surface area contributed by atoms with Gasteiger partial charge < -0.3 is 10.1 Å². The van der Waals surface area contributed by atoms with Crippen molar-refractivity contribution in [2.45, 2.75) is 13.8 Å². The fraction of sp³-hybridized carbons (Fsp3) is 0.133. The summed E-state index contributed by atoms with van der Waals surface area (Å²) >= 11 is 0. The first-order chi connectivity index (χ1) is 10.4. The van der Waals surface area contributed by atoms with Crippen molar-refractivity contribution in [1.82, 2.24) is 10.3 Å². The average Bonchev–Trinajstić information content (AvgIpc) is 2.47. The number of nitrogens with one attached hydrogen (secondary N) is 1. The fourth-order valence-electron chi connectivity index (χ4n) is 1.83. The third-order valence-corrected chi connectivity index (χ3v) is 3.07. The molecule has 112 valence electrons. The maximum absolute atomic E-state index is 12.1. The molecule has 2 rings (SSSR count). The minimum Gasteiger partial charge on any atom is -0.358 e. The van der Waals surface area contributed by atoms with Crippen LogP contribution in [0.4, 0.5) is 5.82 Å². The van der Waals surface area contributed by atoms with E-state index in [0.717, 1.165) is 11.8 Å². The molecular formula is C15H13N3O4. The molecule has 0 fully saturated rings. The molecule has 1 heterocycles. The van der Waals surface area contributed by atoms with Crippen LogP contribution in [0.1, 0.15) is 31.8 Å². The minimum atomic E-state index is -0.648. The number of nitrogens with zero attached hydrogens (tertiary/aromatic N) is 2. The lowest BCUT2D eigenvalue weighted by molar-refractivity contribution is -0.389. The van der Waals surface area contributed by atoms with Gasteiger partial charge >= 0.3 is 5.82 Å². The second-order valence-corrected chi connectivity index (χ2v) is 4.76. The zero-order chi connectivity index (χ0) is 16.3. The Hall–Kier alpha value is -3.09. The highest BCUT2D eigenvalue weighted by molar-refractivity contribution is 6.10. The molecule has 7 nitrogen and oxygen atoms in total. The van der Waals surface area contributed by atoms with Gasteiger partial charge in [-0.3, -0.25) is 14.9 Å². The summed E-state index contributed by atoms with van der Waals surface area (Å²) < 4.78 is 0. The van der Waals surface area contributed by atoms with Crippen LogP contribution in [0.2, 0.25) is 0 Å². The summed E-state index contributed by atoms with van der Waals surface area (Å²) in [6.45, 7) is 3.43. The molecule has 0 unspecified atom stereocenters. The molecule has 1 N–H and O–H groups in total. The van der Waals surface area contributed by atoms with Crippen LogP contribution < -0.4 is 5.32 Å². The zero-order valence-electron chi connectivity index (χ0n) is 12.0. The van der Waals surface area contributed by atoms with Crippen LogP contribution in [-0.4, -0.2) is 21.7 Å². The number of carbonyl (C=O) groups excluding carboxylic acids is 2. The van der Waals surface area contributed by atoms with E-state index in [4.69, 9.17) is 0 Å². The lowest BCUT2D eigenvalue weighted by Gasteiger charge is -2.05. The van der Waals surface area contributed by atoms with Crippen LogP contribution in [0.15, 0.2) is 36.5 Å². The Kier molecular flexibility index (Phi) is 4.26. The number of imide groups is 1. The molecule has 22 heavy (non-hydrogen) atoms. The third kappa shape index (κ3) is 3.32. The highest BCUT2D eigenvalue weighted by Gasteiger charge is 2.18. The summed E-state index contributed by atoms with van der Waals surface area (Å²) in [6.07, 6.45) is 1.09. The van der Waals surface area contributed by atoms with Gasteiger partial charge in [0.1, 0.15) is 0 Å². The van der Waals surface area contributed by atoms with Gasteiger partial charge in [-0.15, -0.1) is 0 Å². The number of hydrogen-bond donors (Lipinski definition) is 1. The van der Waals surface area contributed by atoms with E-state index in [1.807, 2.05) is 6.92 Å². The second kappa shape index (κ2) is 6.13. The summed E-state index contributed by atoms with van der Waals surface area (Å²) in [5, 5.41) is 12.8. The Bertz CT molecular complexity index is 754. The van der Waals surface area contributed by atoms with Gasteiger partial charge in [0.15, 0.2) is 6.20 Å². The molecule has 2 amide bonds. The van der Waals surface area contributed by atoms with E-state index in [2.05, 4.69) is 10.3 Å². The summed E-state index contributed by atoms with van der Waals surface area (Å²) in [5.41, 5.74) is 1.84. The van der Waals surface area contributed by atoms with Crippen molar-refractivity contribution in [2.24, 2.45) is 0 Å². The normalized spacial score (nSPS) is 10.1. The number of rotatable bonds is 3. The first-order valence-electron chi connectivity index (χ1n) is 6.42. The molecule has 0 saturated heterocycles. The maximum Gasteiger partial charge on any atom is 0.363 e. The standard InChI is InChI=1S/C15H13N3O4/c1-9-3-5-11(6-4-9)14(19)17-15(20)12-8-16-13(18(21)22)7-10(12)2/h3-8H,1-2H3,(H,17,19,20). The molecule has 1 aromatic carbocycles. The average molecular weight is 299 g/mol. The van der Waals surface area contributed by atoms with Crippen LogP contribution in [0, 0.1) is 24.0 Å². The number of nitro groups is 1. The van der Waals surface area contributed by atoms with E-state index in [1.54, 1.807) is 31.2 Å². The topological polar surface area (TPSA) is 102 Å². The Morgan fingerprint density at radius 2 is 1.77 bits per heavy atom. The van der Waals surface area contributed by atoms with Gasteiger partial charge in [0, 0.05) is 11.6 Å². The van der Waals surface area contributed by atoms with Crippen molar-refractivity contribution in [1.29, 1.82) is 0 Å². The Morgan fingerprint density at radius 3 is 2.32 bits per heavy atom. The first kappa shape index (κ1) is 15.3. The third-order valence-electron chi connectivity index (χ3n) is 3.07. The molecule has 0 aliphatic rings. The van der Waals surface area contributed by atoms with E-state index in [9.17, 15) is 19.7 Å². The Morgan fingerprint density at radius 1 is 1.14 bits per heavy atom. The summed E-state index contributed by atoms with van der Waals surface area (Å²) in [6, 6.07) is 7.93. The number of hydrogen-bond acceptors (Lipinski definition) is 5. The second-order valence-electron chi connectivity index (χ2n) is 4.76. The summed E-state index contributed by atoms with van der Waals surface area (Å²) in [4.78, 5) is 37.6. The van der Waals surface area contributed by atoms with Gasteiger partial charge in [-0.2, -0.15) is 0 Å². The lowest BCUT2D eigenvalue weighted by atomic mass is 10.1. The van der Waals surface area contributed by atoms with Crippen LogP contribution in [0.5, 0.6) is 0 Å². The van der Waals surface area contributed by atoms with Crippen molar-refractivity contribution < 1.29 is 14.5 Å². The molecule has 2 aromatic rings. The molecule has 0 bridgehead atoms.